The Hall–Kier alpha value is -2.50. The Morgan fingerprint density at radius 3 is 2.70 bits per heavy atom. The largest absolute Gasteiger partial charge is 0.507 e. The number of hydrogen-bond acceptors (Lipinski definition) is 5. The summed E-state index contributed by atoms with van der Waals surface area (Å²) in [4.78, 5) is 22.1. The van der Waals surface area contributed by atoms with Crippen LogP contribution in [0.2, 0.25) is 0 Å². The molecule has 1 aliphatic rings. The second-order valence-corrected chi connectivity index (χ2v) is 5.59. The van der Waals surface area contributed by atoms with Gasteiger partial charge in [-0.2, -0.15) is 0 Å². The Morgan fingerprint density at radius 1 is 1.39 bits per heavy atom. The van der Waals surface area contributed by atoms with Crippen molar-refractivity contribution in [3.8, 4) is 17.2 Å². The number of fused-ring (bicyclic) bond motifs is 1. The van der Waals surface area contributed by atoms with Crippen molar-refractivity contribution in [1.29, 1.82) is 0 Å². The third-order valence-corrected chi connectivity index (χ3v) is 3.93. The van der Waals surface area contributed by atoms with Crippen LogP contribution in [-0.4, -0.2) is 29.3 Å². The van der Waals surface area contributed by atoms with E-state index in [0.717, 1.165) is 5.57 Å². The van der Waals surface area contributed by atoms with Gasteiger partial charge in [-0.05, 0) is 26.7 Å². The zero-order valence-electron chi connectivity index (χ0n) is 13.4. The summed E-state index contributed by atoms with van der Waals surface area (Å²) in [5.74, 6) is -0.374. The quantitative estimate of drug-likeness (QED) is 0.475. The number of carboxylic acids is 1. The number of hydrogen-bond donors (Lipinski definition) is 2. The smallest absolute Gasteiger partial charge is 0.315 e. The van der Waals surface area contributed by atoms with Gasteiger partial charge in [0.1, 0.15) is 17.2 Å². The summed E-state index contributed by atoms with van der Waals surface area (Å²) in [6, 6.07) is 0. The van der Waals surface area contributed by atoms with E-state index in [1.165, 1.54) is 7.11 Å². The van der Waals surface area contributed by atoms with E-state index in [9.17, 15) is 14.7 Å². The molecular formula is C17H20O6. The van der Waals surface area contributed by atoms with Gasteiger partial charge in [-0.1, -0.05) is 11.6 Å². The van der Waals surface area contributed by atoms with Gasteiger partial charge in [-0.15, -0.1) is 0 Å². The third-order valence-electron chi connectivity index (χ3n) is 3.93. The number of methoxy groups -OCH3 is 1. The summed E-state index contributed by atoms with van der Waals surface area (Å²) >= 11 is 0. The molecular weight excluding hydrogens is 300 g/mol. The first-order valence-electron chi connectivity index (χ1n) is 7.34. The molecule has 0 unspecified atom stereocenters. The van der Waals surface area contributed by atoms with E-state index in [1.807, 2.05) is 13.0 Å². The zero-order chi connectivity index (χ0) is 17.1. The molecule has 6 nitrogen and oxygen atoms in total. The fraction of sp³-hybridized carbons (Fsp3) is 0.412. The highest BCUT2D eigenvalue weighted by atomic mass is 16.5. The number of aromatic hydroxyl groups is 1. The molecule has 0 saturated carbocycles. The first kappa shape index (κ1) is 16.9. The second-order valence-electron chi connectivity index (χ2n) is 5.59. The van der Waals surface area contributed by atoms with Gasteiger partial charge in [-0.3, -0.25) is 9.59 Å². The van der Waals surface area contributed by atoms with Crippen molar-refractivity contribution in [3.05, 3.63) is 28.3 Å². The summed E-state index contributed by atoms with van der Waals surface area (Å²) in [5, 5.41) is 19.2. The van der Waals surface area contributed by atoms with Crippen LogP contribution < -0.4 is 9.47 Å². The minimum absolute atomic E-state index is 0.00980. The number of carbonyl (C=O) groups excluding carboxylic acids is 1. The lowest BCUT2D eigenvalue weighted by atomic mass is 9.97. The van der Waals surface area contributed by atoms with Crippen LogP contribution in [0.1, 0.15) is 36.5 Å². The predicted molar refractivity (Wildman–Crippen MR) is 83.1 cm³/mol. The molecule has 124 valence electrons. The lowest BCUT2D eigenvalue weighted by molar-refractivity contribution is -0.137. The lowest BCUT2D eigenvalue weighted by Crippen LogP contribution is -2.01. The number of allylic oxidation sites excluding steroid dienone is 2. The predicted octanol–water partition coefficient (Wildman–Crippen LogP) is 2.52. The van der Waals surface area contributed by atoms with E-state index >= 15 is 0 Å². The fourth-order valence-electron chi connectivity index (χ4n) is 2.70. The van der Waals surface area contributed by atoms with Crippen LogP contribution >= 0.6 is 0 Å². The molecule has 1 heterocycles. The summed E-state index contributed by atoms with van der Waals surface area (Å²) in [7, 11) is 1.50. The lowest BCUT2D eigenvalue weighted by Gasteiger charge is -2.16. The summed E-state index contributed by atoms with van der Waals surface area (Å²) < 4.78 is 10.5. The highest BCUT2D eigenvalue weighted by Crippen LogP contribution is 2.45. The third kappa shape index (κ3) is 3.47. The van der Waals surface area contributed by atoms with Gasteiger partial charge in [0.25, 0.3) is 0 Å². The van der Waals surface area contributed by atoms with Crippen LogP contribution in [0.4, 0.5) is 0 Å². The molecule has 0 aromatic heterocycles. The number of carbonyl (C=O) groups is 2. The molecule has 1 aromatic rings. The number of phenols is 1. The Morgan fingerprint density at radius 2 is 2.09 bits per heavy atom. The van der Waals surface area contributed by atoms with Gasteiger partial charge >= 0.3 is 11.9 Å². The summed E-state index contributed by atoms with van der Waals surface area (Å²) in [5.41, 5.74) is 2.66. The van der Waals surface area contributed by atoms with Crippen LogP contribution in [0.5, 0.6) is 17.2 Å². The maximum Gasteiger partial charge on any atom is 0.315 e. The second kappa shape index (κ2) is 6.73. The van der Waals surface area contributed by atoms with Gasteiger partial charge in [0.15, 0.2) is 0 Å². The maximum absolute atomic E-state index is 11.5. The SMILES string of the molecule is COc1c(C)c2c(c(O)c1C/C=C(\C)CCC(=O)O)CC(=O)O2. The van der Waals surface area contributed by atoms with Crippen molar-refractivity contribution in [2.75, 3.05) is 7.11 Å². The fourth-order valence-corrected chi connectivity index (χ4v) is 2.70. The average Bonchev–Trinajstić information content (AvgIpc) is 2.89. The zero-order valence-corrected chi connectivity index (χ0v) is 13.4. The molecule has 0 aliphatic carbocycles. The molecule has 1 aromatic carbocycles. The normalized spacial score (nSPS) is 13.7. The highest BCUT2D eigenvalue weighted by molar-refractivity contribution is 5.85. The summed E-state index contributed by atoms with van der Waals surface area (Å²) in [6.07, 6.45) is 2.81. The number of rotatable bonds is 6. The van der Waals surface area contributed by atoms with E-state index in [4.69, 9.17) is 14.6 Å². The molecule has 2 N–H and O–H groups in total. The molecule has 23 heavy (non-hydrogen) atoms. The van der Waals surface area contributed by atoms with E-state index < -0.39 is 11.9 Å². The van der Waals surface area contributed by atoms with E-state index in [2.05, 4.69) is 0 Å². The van der Waals surface area contributed by atoms with Crippen molar-refractivity contribution >= 4 is 11.9 Å². The van der Waals surface area contributed by atoms with Crippen molar-refractivity contribution in [1.82, 2.24) is 0 Å². The van der Waals surface area contributed by atoms with Gasteiger partial charge < -0.3 is 19.7 Å². The van der Waals surface area contributed by atoms with E-state index in [0.29, 0.717) is 41.0 Å². The van der Waals surface area contributed by atoms with Crippen LogP contribution in [0.15, 0.2) is 11.6 Å². The Labute approximate surface area is 134 Å². The van der Waals surface area contributed by atoms with Crippen LogP contribution in [0.3, 0.4) is 0 Å². The average molecular weight is 320 g/mol. The van der Waals surface area contributed by atoms with E-state index in [1.54, 1.807) is 6.92 Å². The molecule has 0 amide bonds. The van der Waals surface area contributed by atoms with Crippen LogP contribution in [0, 0.1) is 6.92 Å². The molecule has 0 radical (unpaired) electrons. The number of carboxylic acid groups (broad SMARTS) is 1. The van der Waals surface area contributed by atoms with Crippen LogP contribution in [0.25, 0.3) is 0 Å². The summed E-state index contributed by atoms with van der Waals surface area (Å²) in [6.45, 7) is 3.62. The van der Waals surface area contributed by atoms with E-state index in [-0.39, 0.29) is 18.6 Å². The van der Waals surface area contributed by atoms with Gasteiger partial charge in [0.2, 0.25) is 0 Å². The molecule has 1 aliphatic heterocycles. The first-order chi connectivity index (χ1) is 10.8. The minimum Gasteiger partial charge on any atom is -0.507 e. The molecule has 2 rings (SSSR count). The number of ether oxygens (including phenoxy) is 2. The Bertz CT molecular complexity index is 687. The first-order valence-corrected chi connectivity index (χ1v) is 7.34. The number of benzene rings is 1. The van der Waals surface area contributed by atoms with Gasteiger partial charge in [-0.25, -0.2) is 0 Å². The Balaban J connectivity index is 2.34. The molecule has 0 saturated heterocycles. The molecule has 0 spiro atoms. The van der Waals surface area contributed by atoms with Crippen molar-refractivity contribution in [2.24, 2.45) is 0 Å². The number of aliphatic carboxylic acids is 1. The molecule has 6 heteroatoms. The van der Waals surface area contributed by atoms with Crippen LogP contribution in [-0.2, 0) is 22.4 Å². The monoisotopic (exact) mass is 320 g/mol. The molecule has 0 bridgehead atoms. The standard InChI is InChI=1S/C17H20O6/c1-9(5-7-13(18)19)4-6-11-15(21)12-8-14(20)23-17(12)10(2)16(11)22-3/h4,21H,5-8H2,1-3H3,(H,18,19)/b9-4+. The molecule has 0 atom stereocenters. The van der Waals surface area contributed by atoms with Crippen molar-refractivity contribution in [2.45, 2.75) is 39.5 Å². The topological polar surface area (TPSA) is 93.1 Å². The number of esters is 1. The number of phenolic OH excluding ortho intramolecular Hbond substituents is 1. The maximum atomic E-state index is 11.5. The molecule has 0 fully saturated rings. The van der Waals surface area contributed by atoms with Crippen molar-refractivity contribution in [3.63, 3.8) is 0 Å². The van der Waals surface area contributed by atoms with Gasteiger partial charge in [0.05, 0.1) is 13.5 Å². The highest BCUT2D eigenvalue weighted by Gasteiger charge is 2.30. The van der Waals surface area contributed by atoms with Gasteiger partial charge in [0, 0.05) is 23.1 Å². The van der Waals surface area contributed by atoms with Crippen molar-refractivity contribution < 1.29 is 29.3 Å². The minimum atomic E-state index is -0.845. The Kier molecular flexibility index (Phi) is 4.93.